The van der Waals surface area contributed by atoms with Gasteiger partial charge in [-0.05, 0) is 19.9 Å². The molecule has 8 heteroatoms. The molecule has 0 bridgehead atoms. The van der Waals surface area contributed by atoms with Crippen LogP contribution in [-0.4, -0.2) is 23.8 Å². The number of benzene rings is 1. The number of aromatic hydroxyl groups is 1. The van der Waals surface area contributed by atoms with Gasteiger partial charge in [-0.2, -0.15) is 5.10 Å². The molecule has 0 spiro atoms. The molecule has 6 nitrogen and oxygen atoms in total. The van der Waals surface area contributed by atoms with Crippen LogP contribution in [0.2, 0.25) is 10.0 Å². The number of carbonyl (C=O) groups excluding carboxylic acids is 1. The number of phenols is 1. The van der Waals surface area contributed by atoms with Crippen LogP contribution in [0.3, 0.4) is 0 Å². The molecule has 2 N–H and O–H groups in total. The van der Waals surface area contributed by atoms with Crippen molar-refractivity contribution in [3.05, 3.63) is 45.3 Å². The lowest BCUT2D eigenvalue weighted by molar-refractivity contribution is 0.0953. The Balaban J connectivity index is 2.22. The van der Waals surface area contributed by atoms with Gasteiger partial charge in [0.05, 0.1) is 40.3 Å². The third-order valence-electron chi connectivity index (χ3n) is 2.96. The minimum absolute atomic E-state index is 0.102. The van der Waals surface area contributed by atoms with Crippen LogP contribution >= 0.6 is 23.2 Å². The monoisotopic (exact) mass is 356 g/mol. The normalized spacial score (nSPS) is 11.0. The Labute approximate surface area is 142 Å². The minimum atomic E-state index is -0.449. The van der Waals surface area contributed by atoms with E-state index in [9.17, 15) is 9.90 Å². The Morgan fingerprint density at radius 1 is 1.52 bits per heavy atom. The van der Waals surface area contributed by atoms with Crippen molar-refractivity contribution in [1.29, 1.82) is 0 Å². The van der Waals surface area contributed by atoms with Crippen molar-refractivity contribution in [2.24, 2.45) is 5.10 Å². The van der Waals surface area contributed by atoms with Crippen LogP contribution in [0.1, 0.15) is 28.6 Å². The number of furan rings is 1. The average molecular weight is 357 g/mol. The Kier molecular flexibility index (Phi) is 5.52. The van der Waals surface area contributed by atoms with Crippen LogP contribution in [0.15, 0.2) is 27.9 Å². The smallest absolute Gasteiger partial charge is 0.274 e. The molecule has 2 rings (SSSR count). The number of ether oxygens (including phenoxy) is 1. The molecule has 1 amide bonds. The first-order valence-corrected chi connectivity index (χ1v) is 7.42. The molecule has 2 aromatic rings. The molecule has 0 fully saturated rings. The maximum Gasteiger partial charge on any atom is 0.274 e. The molecule has 0 aliphatic carbocycles. The number of nitrogens with one attached hydrogen (secondary N) is 1. The fraction of sp³-hybridized carbons (Fsp3) is 0.200. The van der Waals surface area contributed by atoms with Crippen molar-refractivity contribution >= 4 is 35.3 Å². The van der Waals surface area contributed by atoms with Crippen LogP contribution in [0.4, 0.5) is 0 Å². The largest absolute Gasteiger partial charge is 0.504 e. The second-order valence-corrected chi connectivity index (χ2v) is 5.24. The van der Waals surface area contributed by atoms with Gasteiger partial charge in [-0.15, -0.1) is 0 Å². The standard InChI is InChI=1S/C15H14Cl2N2O4/c1-3-22-12-6-11(16)13(17)10(14(12)20)7-18-19-15(21)9-4-5-23-8(9)2/h4-7,20H,3H2,1-2H3,(H,19,21)/b18-7-. The van der Waals surface area contributed by atoms with Gasteiger partial charge in [-0.3, -0.25) is 4.79 Å². The maximum absolute atomic E-state index is 11.9. The van der Waals surface area contributed by atoms with Crippen LogP contribution in [0.25, 0.3) is 0 Å². The van der Waals surface area contributed by atoms with Crippen LogP contribution < -0.4 is 10.2 Å². The molecule has 0 aliphatic rings. The molecule has 0 atom stereocenters. The summed E-state index contributed by atoms with van der Waals surface area (Å²) in [4.78, 5) is 11.9. The van der Waals surface area contributed by atoms with E-state index in [1.54, 1.807) is 13.8 Å². The van der Waals surface area contributed by atoms with Gasteiger partial charge >= 0.3 is 0 Å². The third kappa shape index (κ3) is 3.78. The number of nitrogens with zero attached hydrogens (tertiary/aromatic N) is 1. The van der Waals surface area contributed by atoms with Crippen LogP contribution in [0, 0.1) is 6.92 Å². The molecule has 23 heavy (non-hydrogen) atoms. The number of hydrazone groups is 1. The first kappa shape index (κ1) is 17.2. The lowest BCUT2D eigenvalue weighted by atomic mass is 10.2. The summed E-state index contributed by atoms with van der Waals surface area (Å²) in [6.07, 6.45) is 2.60. The molecule has 1 heterocycles. The summed E-state index contributed by atoms with van der Waals surface area (Å²) in [7, 11) is 0. The zero-order chi connectivity index (χ0) is 17.0. The first-order valence-electron chi connectivity index (χ1n) is 6.67. The predicted molar refractivity (Wildman–Crippen MR) is 87.8 cm³/mol. The van der Waals surface area contributed by atoms with Crippen molar-refractivity contribution in [1.82, 2.24) is 5.43 Å². The number of hydrogen-bond donors (Lipinski definition) is 2. The van der Waals surface area contributed by atoms with Gasteiger partial charge in [-0.1, -0.05) is 23.2 Å². The molecule has 0 radical (unpaired) electrons. The first-order chi connectivity index (χ1) is 11.0. The van der Waals surface area contributed by atoms with Gasteiger partial charge in [0.25, 0.3) is 5.91 Å². The third-order valence-corrected chi connectivity index (χ3v) is 3.76. The highest BCUT2D eigenvalue weighted by Crippen LogP contribution is 2.39. The summed E-state index contributed by atoms with van der Waals surface area (Å²) < 4.78 is 10.3. The van der Waals surface area contributed by atoms with Gasteiger partial charge < -0.3 is 14.3 Å². The highest BCUT2D eigenvalue weighted by atomic mass is 35.5. The van der Waals surface area contributed by atoms with E-state index in [0.29, 0.717) is 17.9 Å². The van der Waals surface area contributed by atoms with Crippen molar-refractivity contribution in [2.75, 3.05) is 6.61 Å². The molecule has 122 valence electrons. The SMILES string of the molecule is CCOc1cc(Cl)c(Cl)c(/C=N\NC(=O)c2ccoc2C)c1O. The van der Waals surface area contributed by atoms with Crippen LogP contribution in [-0.2, 0) is 0 Å². The Bertz CT molecular complexity index is 756. The number of amides is 1. The van der Waals surface area contributed by atoms with Crippen molar-refractivity contribution in [3.8, 4) is 11.5 Å². The molecular formula is C15H14Cl2N2O4. The Morgan fingerprint density at radius 2 is 2.26 bits per heavy atom. The van der Waals surface area contributed by atoms with Crippen molar-refractivity contribution in [2.45, 2.75) is 13.8 Å². The highest BCUT2D eigenvalue weighted by Gasteiger charge is 2.16. The molecule has 0 aliphatic heterocycles. The topological polar surface area (TPSA) is 84.1 Å². The summed E-state index contributed by atoms with van der Waals surface area (Å²) in [6, 6.07) is 2.94. The summed E-state index contributed by atoms with van der Waals surface area (Å²) in [6.45, 7) is 3.77. The zero-order valence-electron chi connectivity index (χ0n) is 12.4. The second-order valence-electron chi connectivity index (χ2n) is 4.46. The average Bonchev–Trinajstić information content (AvgIpc) is 2.94. The molecule has 0 saturated heterocycles. The summed E-state index contributed by atoms with van der Waals surface area (Å²) in [5, 5.41) is 14.2. The van der Waals surface area contributed by atoms with E-state index in [2.05, 4.69) is 10.5 Å². The van der Waals surface area contributed by atoms with Crippen molar-refractivity contribution in [3.63, 3.8) is 0 Å². The number of rotatable bonds is 5. The van der Waals surface area contributed by atoms with E-state index in [0.717, 1.165) is 0 Å². The van der Waals surface area contributed by atoms with E-state index in [1.165, 1.54) is 24.6 Å². The summed E-state index contributed by atoms with van der Waals surface area (Å²) in [5.41, 5.74) is 2.82. The maximum atomic E-state index is 11.9. The number of carbonyl (C=O) groups is 1. The molecule has 0 unspecified atom stereocenters. The minimum Gasteiger partial charge on any atom is -0.504 e. The lowest BCUT2D eigenvalue weighted by Gasteiger charge is -2.10. The quantitative estimate of drug-likeness (QED) is 0.630. The van der Waals surface area contributed by atoms with Crippen molar-refractivity contribution < 1.29 is 19.1 Å². The molecular weight excluding hydrogens is 343 g/mol. The van der Waals surface area contributed by atoms with E-state index in [-0.39, 0.29) is 27.1 Å². The Hall–Kier alpha value is -2.18. The van der Waals surface area contributed by atoms with Gasteiger partial charge in [0.1, 0.15) is 5.76 Å². The number of aryl methyl sites for hydroxylation is 1. The number of phenolic OH excluding ortho intramolecular Hbond substituents is 1. The molecule has 0 saturated carbocycles. The van der Waals surface area contributed by atoms with Crippen LogP contribution in [0.5, 0.6) is 11.5 Å². The van der Waals surface area contributed by atoms with Gasteiger partial charge in [0, 0.05) is 6.07 Å². The Morgan fingerprint density at radius 3 is 2.87 bits per heavy atom. The molecule has 1 aromatic carbocycles. The van der Waals surface area contributed by atoms with Gasteiger partial charge in [0.2, 0.25) is 0 Å². The molecule has 1 aromatic heterocycles. The predicted octanol–water partition coefficient (Wildman–Crippen LogP) is 3.76. The number of hydrogen-bond acceptors (Lipinski definition) is 5. The van der Waals surface area contributed by atoms with Gasteiger partial charge in [-0.25, -0.2) is 5.43 Å². The van der Waals surface area contributed by atoms with E-state index in [1.807, 2.05) is 0 Å². The summed E-state index contributed by atoms with van der Waals surface area (Å²) in [5.74, 6) is -0.00534. The lowest BCUT2D eigenvalue weighted by Crippen LogP contribution is -2.17. The fourth-order valence-corrected chi connectivity index (χ4v) is 2.23. The zero-order valence-corrected chi connectivity index (χ0v) is 13.9. The van der Waals surface area contributed by atoms with Gasteiger partial charge in [0.15, 0.2) is 11.5 Å². The fourth-order valence-electron chi connectivity index (χ4n) is 1.83. The second kappa shape index (κ2) is 7.39. The van der Waals surface area contributed by atoms with E-state index in [4.69, 9.17) is 32.4 Å². The summed E-state index contributed by atoms with van der Waals surface area (Å²) >= 11 is 12.0. The van der Waals surface area contributed by atoms with E-state index >= 15 is 0 Å². The van der Waals surface area contributed by atoms with E-state index < -0.39 is 5.91 Å². The number of halogens is 2. The highest BCUT2D eigenvalue weighted by molar-refractivity contribution is 6.43.